The Morgan fingerprint density at radius 2 is 2.08 bits per heavy atom. The van der Waals surface area contributed by atoms with Crippen molar-refractivity contribution in [3.05, 3.63) is 0 Å². The third kappa shape index (κ3) is 4.00. The van der Waals surface area contributed by atoms with E-state index in [4.69, 9.17) is 11.5 Å². The Kier molecular flexibility index (Phi) is 5.25. The van der Waals surface area contributed by atoms with E-state index in [2.05, 4.69) is 5.32 Å². The van der Waals surface area contributed by atoms with E-state index in [9.17, 15) is 9.59 Å². The van der Waals surface area contributed by atoms with E-state index in [1.807, 2.05) is 13.8 Å². The summed E-state index contributed by atoms with van der Waals surface area (Å²) in [6, 6.07) is -1.22. The lowest BCUT2D eigenvalue weighted by molar-refractivity contribution is -0.125. The summed E-state index contributed by atoms with van der Waals surface area (Å²) in [5.41, 5.74) is 10.6. The van der Waals surface area contributed by atoms with E-state index < -0.39 is 12.1 Å². The number of nitrogens with one attached hydrogen (secondary N) is 1. The molecule has 5 N–H and O–H groups in total. The van der Waals surface area contributed by atoms with Gasteiger partial charge in [-0.1, -0.05) is 13.8 Å². The van der Waals surface area contributed by atoms with Crippen molar-refractivity contribution in [3.8, 4) is 0 Å². The standard InChI is InChI=1S/C8H17N3O2/c1-5(2)7(4-12)11-8(13)6(10)3-9/h4-7H,3,9-10H2,1-2H3,(H,11,13)/t6-,7+/m0/s1. The molecule has 5 heteroatoms. The Bertz CT molecular complexity index is 182. The molecule has 0 aliphatic carbocycles. The van der Waals surface area contributed by atoms with Crippen LogP contribution in [0.25, 0.3) is 0 Å². The number of rotatable bonds is 5. The average molecular weight is 187 g/mol. The molecule has 2 atom stereocenters. The molecule has 0 rings (SSSR count). The maximum atomic E-state index is 11.2. The van der Waals surface area contributed by atoms with Crippen molar-refractivity contribution in [2.75, 3.05) is 6.54 Å². The van der Waals surface area contributed by atoms with Gasteiger partial charge in [0, 0.05) is 6.54 Å². The number of nitrogens with two attached hydrogens (primary N) is 2. The summed E-state index contributed by atoms with van der Waals surface area (Å²) in [5, 5.41) is 2.50. The van der Waals surface area contributed by atoms with Crippen molar-refractivity contribution < 1.29 is 9.59 Å². The van der Waals surface area contributed by atoms with Crippen LogP contribution >= 0.6 is 0 Å². The van der Waals surface area contributed by atoms with Crippen LogP contribution < -0.4 is 16.8 Å². The van der Waals surface area contributed by atoms with E-state index >= 15 is 0 Å². The summed E-state index contributed by atoms with van der Waals surface area (Å²) < 4.78 is 0. The molecule has 0 saturated heterocycles. The molecule has 5 nitrogen and oxygen atoms in total. The third-order valence-corrected chi connectivity index (χ3v) is 1.76. The van der Waals surface area contributed by atoms with Gasteiger partial charge < -0.3 is 21.6 Å². The van der Waals surface area contributed by atoms with Gasteiger partial charge in [0.15, 0.2) is 0 Å². The van der Waals surface area contributed by atoms with Crippen LogP contribution in [-0.2, 0) is 9.59 Å². The van der Waals surface area contributed by atoms with Gasteiger partial charge in [0.2, 0.25) is 5.91 Å². The van der Waals surface area contributed by atoms with Gasteiger partial charge >= 0.3 is 0 Å². The molecular weight excluding hydrogens is 170 g/mol. The molecule has 0 radical (unpaired) electrons. The van der Waals surface area contributed by atoms with Crippen LogP contribution in [0.4, 0.5) is 0 Å². The molecule has 0 bridgehead atoms. The van der Waals surface area contributed by atoms with Gasteiger partial charge in [-0.05, 0) is 5.92 Å². The van der Waals surface area contributed by atoms with Gasteiger partial charge in [-0.3, -0.25) is 4.79 Å². The average Bonchev–Trinajstić information content (AvgIpc) is 2.11. The first-order valence-corrected chi connectivity index (χ1v) is 4.24. The van der Waals surface area contributed by atoms with Gasteiger partial charge in [-0.15, -0.1) is 0 Å². The van der Waals surface area contributed by atoms with Crippen LogP contribution in [0.5, 0.6) is 0 Å². The zero-order valence-electron chi connectivity index (χ0n) is 7.99. The van der Waals surface area contributed by atoms with Crippen molar-refractivity contribution in [2.24, 2.45) is 17.4 Å². The fourth-order valence-corrected chi connectivity index (χ4v) is 0.736. The minimum Gasteiger partial charge on any atom is -0.345 e. The normalized spacial score (nSPS) is 15.2. The molecule has 0 aliphatic rings. The zero-order valence-corrected chi connectivity index (χ0v) is 7.99. The van der Waals surface area contributed by atoms with Gasteiger partial charge in [0.05, 0.1) is 12.1 Å². The zero-order chi connectivity index (χ0) is 10.4. The van der Waals surface area contributed by atoms with E-state index in [-0.39, 0.29) is 18.4 Å². The summed E-state index contributed by atoms with van der Waals surface area (Å²) in [5.74, 6) is -0.320. The Morgan fingerprint density at radius 1 is 1.54 bits per heavy atom. The predicted molar refractivity (Wildman–Crippen MR) is 49.9 cm³/mol. The maximum Gasteiger partial charge on any atom is 0.238 e. The predicted octanol–water partition coefficient (Wildman–Crippen LogP) is -1.39. The van der Waals surface area contributed by atoms with Crippen molar-refractivity contribution in [3.63, 3.8) is 0 Å². The summed E-state index contributed by atoms with van der Waals surface area (Å²) in [4.78, 5) is 21.7. The van der Waals surface area contributed by atoms with Crippen molar-refractivity contribution in [1.82, 2.24) is 5.32 Å². The Hall–Kier alpha value is -0.940. The first-order chi connectivity index (χ1) is 6.02. The molecule has 0 saturated carbocycles. The van der Waals surface area contributed by atoms with Gasteiger partial charge in [-0.2, -0.15) is 0 Å². The highest BCUT2D eigenvalue weighted by Crippen LogP contribution is 1.98. The highest BCUT2D eigenvalue weighted by molar-refractivity contribution is 5.84. The molecule has 0 fully saturated rings. The monoisotopic (exact) mass is 187 g/mol. The largest absolute Gasteiger partial charge is 0.345 e. The molecule has 0 heterocycles. The minimum absolute atomic E-state index is 0.0615. The van der Waals surface area contributed by atoms with Gasteiger partial charge in [-0.25, -0.2) is 0 Å². The van der Waals surface area contributed by atoms with Crippen LogP contribution in [0, 0.1) is 5.92 Å². The summed E-state index contributed by atoms with van der Waals surface area (Å²) in [6.07, 6.45) is 0.700. The maximum absolute atomic E-state index is 11.2. The first kappa shape index (κ1) is 12.1. The number of hydrogen-bond donors (Lipinski definition) is 3. The molecule has 0 spiro atoms. The smallest absolute Gasteiger partial charge is 0.238 e. The van der Waals surface area contributed by atoms with E-state index in [0.29, 0.717) is 6.29 Å². The molecular formula is C8H17N3O2. The molecule has 0 aromatic heterocycles. The number of hydrogen-bond acceptors (Lipinski definition) is 4. The summed E-state index contributed by atoms with van der Waals surface area (Å²) in [6.45, 7) is 3.76. The quantitative estimate of drug-likeness (QED) is 0.461. The Balaban J connectivity index is 4.08. The van der Waals surface area contributed by atoms with Crippen LogP contribution in [0.3, 0.4) is 0 Å². The number of carbonyl (C=O) groups excluding carboxylic acids is 2. The fourth-order valence-electron chi connectivity index (χ4n) is 0.736. The Morgan fingerprint density at radius 3 is 2.38 bits per heavy atom. The van der Waals surface area contributed by atoms with Crippen molar-refractivity contribution in [2.45, 2.75) is 25.9 Å². The molecule has 13 heavy (non-hydrogen) atoms. The molecule has 0 aromatic carbocycles. The van der Waals surface area contributed by atoms with Crippen LogP contribution in [0.2, 0.25) is 0 Å². The van der Waals surface area contributed by atoms with Crippen LogP contribution in [-0.4, -0.2) is 30.8 Å². The first-order valence-electron chi connectivity index (χ1n) is 4.24. The molecule has 76 valence electrons. The lowest BCUT2D eigenvalue weighted by Gasteiger charge is -2.18. The van der Waals surface area contributed by atoms with Crippen LogP contribution in [0.1, 0.15) is 13.8 Å². The summed E-state index contributed by atoms with van der Waals surface area (Å²) >= 11 is 0. The highest BCUT2D eigenvalue weighted by atomic mass is 16.2. The lowest BCUT2D eigenvalue weighted by atomic mass is 10.1. The molecule has 0 unspecified atom stereocenters. The second-order valence-corrected chi connectivity index (χ2v) is 3.26. The molecule has 0 aromatic rings. The number of amides is 1. The summed E-state index contributed by atoms with van der Waals surface area (Å²) in [7, 11) is 0. The second kappa shape index (κ2) is 5.66. The third-order valence-electron chi connectivity index (χ3n) is 1.76. The molecule has 1 amide bonds. The Labute approximate surface area is 77.8 Å². The van der Waals surface area contributed by atoms with E-state index in [0.717, 1.165) is 0 Å². The van der Waals surface area contributed by atoms with Gasteiger partial charge in [0.25, 0.3) is 0 Å². The van der Waals surface area contributed by atoms with Crippen LogP contribution in [0.15, 0.2) is 0 Å². The fraction of sp³-hybridized carbons (Fsp3) is 0.750. The van der Waals surface area contributed by atoms with Gasteiger partial charge in [0.1, 0.15) is 6.29 Å². The number of carbonyl (C=O) groups is 2. The number of aldehydes is 1. The van der Waals surface area contributed by atoms with Crippen molar-refractivity contribution >= 4 is 12.2 Å². The SMILES string of the molecule is CC(C)[C@@H](C=O)NC(=O)[C@@H](N)CN. The second-order valence-electron chi connectivity index (χ2n) is 3.26. The van der Waals surface area contributed by atoms with Crippen molar-refractivity contribution in [1.29, 1.82) is 0 Å². The molecule has 0 aliphatic heterocycles. The van der Waals surface area contributed by atoms with E-state index in [1.165, 1.54) is 0 Å². The lowest BCUT2D eigenvalue weighted by Crippen LogP contribution is -2.50. The minimum atomic E-state index is -0.735. The van der Waals surface area contributed by atoms with E-state index in [1.54, 1.807) is 0 Å². The topological polar surface area (TPSA) is 98.2 Å². The highest BCUT2D eigenvalue weighted by Gasteiger charge is 2.18.